The molecule has 1 heterocycles. The van der Waals surface area contributed by atoms with E-state index >= 15 is 0 Å². The lowest BCUT2D eigenvalue weighted by atomic mass is 10.1. The molecule has 100 valence electrons. The van der Waals surface area contributed by atoms with Crippen LogP contribution >= 0.6 is 11.6 Å². The standard InChI is InChI=1S/C12H12ClN3O2S/c1-9-3-2-4-10(5-9)6-16-19(17,18)11-7-14-12(13)15-8-11/h2-5,7-8,16H,6H2,1H3. The number of nitrogens with one attached hydrogen (secondary N) is 1. The summed E-state index contributed by atoms with van der Waals surface area (Å²) in [5, 5.41) is 0.0117. The number of sulfonamides is 1. The van der Waals surface area contributed by atoms with E-state index in [1.165, 1.54) is 12.4 Å². The third-order valence-corrected chi connectivity index (χ3v) is 4.01. The van der Waals surface area contributed by atoms with E-state index in [1.807, 2.05) is 31.2 Å². The minimum atomic E-state index is -3.62. The maximum Gasteiger partial charge on any atom is 0.243 e. The van der Waals surface area contributed by atoms with Gasteiger partial charge >= 0.3 is 0 Å². The van der Waals surface area contributed by atoms with E-state index in [2.05, 4.69) is 14.7 Å². The first kappa shape index (κ1) is 13.9. The van der Waals surface area contributed by atoms with Crippen LogP contribution in [0, 0.1) is 6.92 Å². The predicted molar refractivity (Wildman–Crippen MR) is 72.2 cm³/mol. The van der Waals surface area contributed by atoms with Crippen molar-refractivity contribution >= 4 is 21.6 Å². The van der Waals surface area contributed by atoms with Crippen molar-refractivity contribution < 1.29 is 8.42 Å². The maximum atomic E-state index is 12.0. The van der Waals surface area contributed by atoms with Gasteiger partial charge in [0.25, 0.3) is 0 Å². The minimum Gasteiger partial charge on any atom is -0.225 e. The Bertz CT molecular complexity index is 672. The van der Waals surface area contributed by atoms with E-state index < -0.39 is 10.0 Å². The van der Waals surface area contributed by atoms with Gasteiger partial charge in [-0.15, -0.1) is 0 Å². The third kappa shape index (κ3) is 3.73. The molecular weight excluding hydrogens is 286 g/mol. The van der Waals surface area contributed by atoms with Gasteiger partial charge in [-0.25, -0.2) is 23.1 Å². The molecule has 7 heteroatoms. The fraction of sp³-hybridized carbons (Fsp3) is 0.167. The van der Waals surface area contributed by atoms with E-state index in [1.54, 1.807) is 0 Å². The SMILES string of the molecule is Cc1cccc(CNS(=O)(=O)c2cnc(Cl)nc2)c1. The molecule has 1 aromatic heterocycles. The average molecular weight is 298 g/mol. The second-order valence-electron chi connectivity index (χ2n) is 4.00. The Hall–Kier alpha value is -1.50. The van der Waals surface area contributed by atoms with Crippen molar-refractivity contribution in [2.24, 2.45) is 0 Å². The van der Waals surface area contributed by atoms with Crippen molar-refractivity contribution in [3.63, 3.8) is 0 Å². The zero-order valence-electron chi connectivity index (χ0n) is 10.2. The van der Waals surface area contributed by atoms with Gasteiger partial charge in [-0.1, -0.05) is 29.8 Å². The molecule has 0 spiro atoms. The van der Waals surface area contributed by atoms with Crippen LogP contribution < -0.4 is 4.72 Å². The molecule has 5 nitrogen and oxygen atoms in total. The summed E-state index contributed by atoms with van der Waals surface area (Å²) in [5.74, 6) is 0. The fourth-order valence-electron chi connectivity index (χ4n) is 1.52. The molecular formula is C12H12ClN3O2S. The Labute approximate surface area is 116 Å². The van der Waals surface area contributed by atoms with Crippen LogP contribution in [-0.4, -0.2) is 18.4 Å². The molecule has 2 rings (SSSR count). The highest BCUT2D eigenvalue weighted by Crippen LogP contribution is 2.09. The molecule has 19 heavy (non-hydrogen) atoms. The van der Waals surface area contributed by atoms with Gasteiger partial charge in [0, 0.05) is 6.54 Å². The Kier molecular flexibility index (Phi) is 4.14. The molecule has 1 N–H and O–H groups in total. The predicted octanol–water partition coefficient (Wildman–Crippen LogP) is 1.92. The lowest BCUT2D eigenvalue weighted by Crippen LogP contribution is -2.23. The Morgan fingerprint density at radius 1 is 1.26 bits per heavy atom. The monoisotopic (exact) mass is 297 g/mol. The van der Waals surface area contributed by atoms with E-state index in [4.69, 9.17) is 11.6 Å². The van der Waals surface area contributed by atoms with Crippen LogP contribution in [0.3, 0.4) is 0 Å². The van der Waals surface area contributed by atoms with Gasteiger partial charge in [0.2, 0.25) is 15.3 Å². The molecule has 2 aromatic rings. The highest BCUT2D eigenvalue weighted by atomic mass is 35.5. The van der Waals surface area contributed by atoms with Crippen LogP contribution in [-0.2, 0) is 16.6 Å². The molecule has 0 aliphatic rings. The van der Waals surface area contributed by atoms with E-state index in [-0.39, 0.29) is 16.7 Å². The smallest absolute Gasteiger partial charge is 0.225 e. The molecule has 0 aliphatic carbocycles. The van der Waals surface area contributed by atoms with Gasteiger partial charge in [0.15, 0.2) is 0 Å². The van der Waals surface area contributed by atoms with Crippen LogP contribution in [0.5, 0.6) is 0 Å². The van der Waals surface area contributed by atoms with Crippen LogP contribution in [0.15, 0.2) is 41.6 Å². The van der Waals surface area contributed by atoms with Crippen LogP contribution in [0.1, 0.15) is 11.1 Å². The summed E-state index contributed by atoms with van der Waals surface area (Å²) in [6.07, 6.45) is 2.35. The van der Waals surface area contributed by atoms with Crippen molar-refractivity contribution in [3.05, 3.63) is 53.1 Å². The van der Waals surface area contributed by atoms with Crippen LogP contribution in [0.25, 0.3) is 0 Å². The second-order valence-corrected chi connectivity index (χ2v) is 6.11. The van der Waals surface area contributed by atoms with E-state index in [0.29, 0.717) is 0 Å². The van der Waals surface area contributed by atoms with Crippen LogP contribution in [0.2, 0.25) is 5.28 Å². The number of halogens is 1. The molecule has 0 amide bonds. The normalized spacial score (nSPS) is 11.5. The zero-order valence-corrected chi connectivity index (χ0v) is 11.7. The maximum absolute atomic E-state index is 12.0. The largest absolute Gasteiger partial charge is 0.243 e. The number of benzene rings is 1. The number of hydrogen-bond donors (Lipinski definition) is 1. The average Bonchev–Trinajstić information content (AvgIpc) is 2.37. The molecule has 0 aliphatic heterocycles. The lowest BCUT2D eigenvalue weighted by Gasteiger charge is -2.06. The number of rotatable bonds is 4. The quantitative estimate of drug-likeness (QED) is 0.875. The van der Waals surface area contributed by atoms with Crippen molar-refractivity contribution in [3.8, 4) is 0 Å². The summed E-state index contributed by atoms with van der Waals surface area (Å²) < 4.78 is 26.4. The highest BCUT2D eigenvalue weighted by molar-refractivity contribution is 7.89. The first-order valence-corrected chi connectivity index (χ1v) is 7.36. The van der Waals surface area contributed by atoms with Gasteiger partial charge in [0.1, 0.15) is 4.90 Å². The zero-order chi connectivity index (χ0) is 13.9. The Balaban J connectivity index is 2.12. The highest BCUT2D eigenvalue weighted by Gasteiger charge is 2.14. The third-order valence-electron chi connectivity index (χ3n) is 2.46. The Morgan fingerprint density at radius 3 is 2.58 bits per heavy atom. The minimum absolute atomic E-state index is 0.00967. The van der Waals surface area contributed by atoms with Gasteiger partial charge in [-0.05, 0) is 24.1 Å². The molecule has 0 saturated carbocycles. The van der Waals surface area contributed by atoms with E-state index in [0.717, 1.165) is 11.1 Å². The summed E-state index contributed by atoms with van der Waals surface area (Å²) in [6, 6.07) is 7.60. The van der Waals surface area contributed by atoms with E-state index in [9.17, 15) is 8.42 Å². The van der Waals surface area contributed by atoms with Gasteiger partial charge in [-0.3, -0.25) is 0 Å². The molecule has 0 atom stereocenters. The van der Waals surface area contributed by atoms with Crippen molar-refractivity contribution in [1.29, 1.82) is 0 Å². The second kappa shape index (κ2) is 5.64. The summed E-state index contributed by atoms with van der Waals surface area (Å²) >= 11 is 5.51. The number of aryl methyl sites for hydroxylation is 1. The van der Waals surface area contributed by atoms with Crippen molar-refractivity contribution in [2.45, 2.75) is 18.4 Å². The summed E-state index contributed by atoms with van der Waals surface area (Å²) in [7, 11) is -3.62. The van der Waals surface area contributed by atoms with Gasteiger partial charge < -0.3 is 0 Å². The fourth-order valence-corrected chi connectivity index (χ4v) is 2.53. The molecule has 0 saturated heterocycles. The summed E-state index contributed by atoms with van der Waals surface area (Å²) in [5.41, 5.74) is 1.96. The van der Waals surface area contributed by atoms with Crippen molar-refractivity contribution in [1.82, 2.24) is 14.7 Å². The first-order valence-electron chi connectivity index (χ1n) is 5.50. The topological polar surface area (TPSA) is 72.0 Å². The summed E-state index contributed by atoms with van der Waals surface area (Å²) in [6.45, 7) is 2.16. The Morgan fingerprint density at radius 2 is 1.95 bits per heavy atom. The molecule has 0 radical (unpaired) electrons. The molecule has 0 unspecified atom stereocenters. The summed E-state index contributed by atoms with van der Waals surface area (Å²) in [4.78, 5) is 7.29. The van der Waals surface area contributed by atoms with Crippen molar-refractivity contribution in [2.75, 3.05) is 0 Å². The first-order chi connectivity index (χ1) is 8.97. The van der Waals surface area contributed by atoms with Crippen LogP contribution in [0.4, 0.5) is 0 Å². The molecule has 1 aromatic carbocycles. The number of aromatic nitrogens is 2. The molecule has 0 fully saturated rings. The van der Waals surface area contributed by atoms with Gasteiger partial charge in [0.05, 0.1) is 12.4 Å². The van der Waals surface area contributed by atoms with Gasteiger partial charge in [-0.2, -0.15) is 0 Å². The molecule has 0 bridgehead atoms. The number of hydrogen-bond acceptors (Lipinski definition) is 4. The number of nitrogens with zero attached hydrogens (tertiary/aromatic N) is 2. The lowest BCUT2D eigenvalue weighted by molar-refractivity contribution is 0.580.